The van der Waals surface area contributed by atoms with E-state index in [9.17, 15) is 4.79 Å². The molecule has 3 rings (SSSR count). The highest BCUT2D eigenvalue weighted by Gasteiger charge is 2.41. The lowest BCUT2D eigenvalue weighted by atomic mass is 9.68. The van der Waals surface area contributed by atoms with Crippen molar-refractivity contribution in [3.63, 3.8) is 0 Å². The maximum absolute atomic E-state index is 13.2. The lowest BCUT2D eigenvalue weighted by molar-refractivity contribution is -0.128. The van der Waals surface area contributed by atoms with Gasteiger partial charge in [-0.15, -0.1) is 0 Å². The van der Waals surface area contributed by atoms with Gasteiger partial charge in [-0.25, -0.2) is 0 Å². The maximum atomic E-state index is 13.2. The predicted molar refractivity (Wildman–Crippen MR) is 97.0 cm³/mol. The summed E-state index contributed by atoms with van der Waals surface area (Å²) in [5.74, 6) is 0.0980. The zero-order valence-electron chi connectivity index (χ0n) is 14.0. The molecule has 0 aliphatic heterocycles. The van der Waals surface area contributed by atoms with Gasteiger partial charge in [0.25, 0.3) is 0 Å². The van der Waals surface area contributed by atoms with Crippen LogP contribution in [0.15, 0.2) is 48.8 Å². The summed E-state index contributed by atoms with van der Waals surface area (Å²) in [6.07, 6.45) is 8.62. The highest BCUT2D eigenvalue weighted by Crippen LogP contribution is 2.40. The molecular weight excluding hydrogens is 320 g/mol. The third kappa shape index (κ3) is 3.46. The number of amides is 1. The van der Waals surface area contributed by atoms with Crippen molar-refractivity contribution in [1.29, 1.82) is 0 Å². The van der Waals surface area contributed by atoms with Crippen LogP contribution in [0.5, 0.6) is 0 Å². The molecule has 0 radical (unpaired) electrons. The van der Waals surface area contributed by atoms with Crippen molar-refractivity contribution in [3.8, 4) is 0 Å². The molecule has 1 atom stereocenters. The van der Waals surface area contributed by atoms with Gasteiger partial charge in [0, 0.05) is 17.4 Å². The minimum Gasteiger partial charge on any atom is -0.349 e. The summed E-state index contributed by atoms with van der Waals surface area (Å²) in [7, 11) is 0. The summed E-state index contributed by atoms with van der Waals surface area (Å²) < 4.78 is 0. The first-order valence-electron chi connectivity index (χ1n) is 8.59. The molecule has 126 valence electrons. The number of pyridine rings is 1. The van der Waals surface area contributed by atoms with E-state index in [0.29, 0.717) is 5.02 Å². The molecule has 3 nitrogen and oxygen atoms in total. The molecule has 1 N–H and O–H groups in total. The van der Waals surface area contributed by atoms with Crippen LogP contribution in [0.4, 0.5) is 0 Å². The standard InChI is InChI=1S/C20H23ClN2O/c1-15(16-7-6-12-22-14-16)23-19(24)20(10-3-2-4-11-20)17-8-5-9-18(21)13-17/h5-9,12-15H,2-4,10-11H2,1H3,(H,23,24). The highest BCUT2D eigenvalue weighted by atomic mass is 35.5. The van der Waals surface area contributed by atoms with Crippen LogP contribution in [0.1, 0.15) is 56.2 Å². The normalized spacial score (nSPS) is 17.9. The maximum Gasteiger partial charge on any atom is 0.231 e. The Morgan fingerprint density at radius 2 is 2.00 bits per heavy atom. The molecule has 1 fully saturated rings. The zero-order valence-corrected chi connectivity index (χ0v) is 14.7. The van der Waals surface area contributed by atoms with Crippen molar-refractivity contribution in [2.75, 3.05) is 0 Å². The third-order valence-corrected chi connectivity index (χ3v) is 5.29. The molecule has 2 aromatic rings. The second-order valence-electron chi connectivity index (χ2n) is 6.63. The quantitative estimate of drug-likeness (QED) is 0.866. The molecule has 0 bridgehead atoms. The number of hydrogen-bond acceptors (Lipinski definition) is 2. The van der Waals surface area contributed by atoms with E-state index in [1.807, 2.05) is 43.3 Å². The van der Waals surface area contributed by atoms with E-state index in [2.05, 4.69) is 10.3 Å². The first kappa shape index (κ1) is 17.0. The number of nitrogens with one attached hydrogen (secondary N) is 1. The van der Waals surface area contributed by atoms with Gasteiger partial charge in [0.05, 0.1) is 11.5 Å². The third-order valence-electron chi connectivity index (χ3n) is 5.05. The second-order valence-corrected chi connectivity index (χ2v) is 7.07. The number of hydrogen-bond donors (Lipinski definition) is 1. The monoisotopic (exact) mass is 342 g/mol. The van der Waals surface area contributed by atoms with Crippen molar-refractivity contribution < 1.29 is 4.79 Å². The summed E-state index contributed by atoms with van der Waals surface area (Å²) in [6.45, 7) is 2.00. The SMILES string of the molecule is CC(NC(=O)C1(c2cccc(Cl)c2)CCCCC1)c1cccnc1. The van der Waals surface area contributed by atoms with Crippen molar-refractivity contribution in [2.24, 2.45) is 0 Å². The van der Waals surface area contributed by atoms with Gasteiger partial charge in [-0.2, -0.15) is 0 Å². The van der Waals surface area contributed by atoms with Crippen LogP contribution in [0.2, 0.25) is 5.02 Å². The molecule has 4 heteroatoms. The van der Waals surface area contributed by atoms with Gasteiger partial charge in [0.15, 0.2) is 0 Å². The van der Waals surface area contributed by atoms with Crippen LogP contribution in [0.3, 0.4) is 0 Å². The number of carbonyl (C=O) groups is 1. The number of rotatable bonds is 4. The molecule has 1 aliphatic rings. The van der Waals surface area contributed by atoms with E-state index >= 15 is 0 Å². The average Bonchev–Trinajstić information content (AvgIpc) is 2.63. The smallest absolute Gasteiger partial charge is 0.231 e. The first-order chi connectivity index (χ1) is 11.6. The van der Waals surface area contributed by atoms with Gasteiger partial charge < -0.3 is 5.32 Å². The fraction of sp³-hybridized carbons (Fsp3) is 0.400. The molecule has 24 heavy (non-hydrogen) atoms. The van der Waals surface area contributed by atoms with Crippen molar-refractivity contribution in [2.45, 2.75) is 50.5 Å². The van der Waals surface area contributed by atoms with Crippen LogP contribution < -0.4 is 5.32 Å². The topological polar surface area (TPSA) is 42.0 Å². The van der Waals surface area contributed by atoms with Gasteiger partial charge in [0.1, 0.15) is 0 Å². The minimum atomic E-state index is -0.473. The molecule has 0 saturated heterocycles. The molecular formula is C20H23ClN2O. The molecule has 1 saturated carbocycles. The Bertz CT molecular complexity index is 696. The fourth-order valence-corrected chi connectivity index (χ4v) is 3.83. The first-order valence-corrected chi connectivity index (χ1v) is 8.96. The second kappa shape index (κ2) is 7.35. The number of carbonyl (C=O) groups excluding carboxylic acids is 1. The van der Waals surface area contributed by atoms with Crippen LogP contribution >= 0.6 is 11.6 Å². The summed E-state index contributed by atoms with van der Waals surface area (Å²) in [6, 6.07) is 11.6. The minimum absolute atomic E-state index is 0.0656. The van der Waals surface area contributed by atoms with E-state index in [1.165, 1.54) is 6.42 Å². The summed E-state index contributed by atoms with van der Waals surface area (Å²) in [5.41, 5.74) is 1.58. The number of nitrogens with zero attached hydrogens (tertiary/aromatic N) is 1. The number of benzene rings is 1. The Kier molecular flexibility index (Phi) is 5.20. The molecule has 1 unspecified atom stereocenters. The van der Waals surface area contributed by atoms with Gasteiger partial charge in [-0.05, 0) is 49.1 Å². The number of aromatic nitrogens is 1. The summed E-state index contributed by atoms with van der Waals surface area (Å²) in [5, 5.41) is 3.89. The Labute approximate surface area is 148 Å². The largest absolute Gasteiger partial charge is 0.349 e. The molecule has 1 aliphatic carbocycles. The Hall–Kier alpha value is -1.87. The molecule has 1 amide bonds. The van der Waals surface area contributed by atoms with E-state index in [4.69, 9.17) is 11.6 Å². The van der Waals surface area contributed by atoms with E-state index in [0.717, 1.165) is 36.8 Å². The Balaban J connectivity index is 1.87. The Morgan fingerprint density at radius 3 is 2.67 bits per heavy atom. The van der Waals surface area contributed by atoms with E-state index < -0.39 is 5.41 Å². The predicted octanol–water partition coefficient (Wildman–Crippen LogP) is 4.81. The van der Waals surface area contributed by atoms with Gasteiger partial charge in [0.2, 0.25) is 5.91 Å². The lowest BCUT2D eigenvalue weighted by Gasteiger charge is -2.37. The molecule has 1 aromatic carbocycles. The lowest BCUT2D eigenvalue weighted by Crippen LogP contribution is -2.46. The van der Waals surface area contributed by atoms with E-state index in [1.54, 1.807) is 12.4 Å². The molecule has 0 spiro atoms. The van der Waals surface area contributed by atoms with Crippen LogP contribution in [-0.2, 0) is 10.2 Å². The van der Waals surface area contributed by atoms with Gasteiger partial charge >= 0.3 is 0 Å². The van der Waals surface area contributed by atoms with Crippen molar-refractivity contribution in [1.82, 2.24) is 10.3 Å². The zero-order chi connectivity index (χ0) is 17.0. The Morgan fingerprint density at radius 1 is 1.21 bits per heavy atom. The van der Waals surface area contributed by atoms with Crippen molar-refractivity contribution >= 4 is 17.5 Å². The van der Waals surface area contributed by atoms with Crippen molar-refractivity contribution in [3.05, 3.63) is 64.9 Å². The van der Waals surface area contributed by atoms with Gasteiger partial charge in [-0.1, -0.05) is 49.1 Å². The van der Waals surface area contributed by atoms with Crippen LogP contribution in [-0.4, -0.2) is 10.9 Å². The van der Waals surface area contributed by atoms with Crippen LogP contribution in [0, 0.1) is 0 Å². The van der Waals surface area contributed by atoms with E-state index in [-0.39, 0.29) is 11.9 Å². The molecule has 1 heterocycles. The summed E-state index contributed by atoms with van der Waals surface area (Å²) in [4.78, 5) is 17.4. The van der Waals surface area contributed by atoms with Crippen LogP contribution in [0.25, 0.3) is 0 Å². The number of halogens is 1. The fourth-order valence-electron chi connectivity index (χ4n) is 3.64. The molecule has 1 aromatic heterocycles. The van der Waals surface area contributed by atoms with Gasteiger partial charge in [-0.3, -0.25) is 9.78 Å². The summed E-state index contributed by atoms with van der Waals surface area (Å²) >= 11 is 6.19. The average molecular weight is 343 g/mol. The highest BCUT2D eigenvalue weighted by molar-refractivity contribution is 6.30.